The van der Waals surface area contributed by atoms with E-state index in [1.165, 1.54) is 57.8 Å². The molecule has 2 saturated heterocycles. The van der Waals surface area contributed by atoms with Crippen molar-refractivity contribution >= 4 is 19.0 Å². The van der Waals surface area contributed by atoms with Gasteiger partial charge in [0.25, 0.3) is 0 Å². The van der Waals surface area contributed by atoms with Crippen LogP contribution < -0.4 is 0 Å². The molecule has 0 N–H and O–H groups in total. The van der Waals surface area contributed by atoms with Crippen LogP contribution >= 0.6 is 19.0 Å². The summed E-state index contributed by atoms with van der Waals surface area (Å²) >= 11 is 6.64. The van der Waals surface area contributed by atoms with E-state index in [1.54, 1.807) is 0 Å². The topological polar surface area (TPSA) is 23.6 Å². The van der Waals surface area contributed by atoms with E-state index in [-0.39, 0.29) is 5.38 Å². The third-order valence-corrected chi connectivity index (χ3v) is 9.43. The summed E-state index contributed by atoms with van der Waals surface area (Å²) in [5, 5.41) is 0.0623. The molecule has 0 spiro atoms. The van der Waals surface area contributed by atoms with Crippen molar-refractivity contribution in [1.29, 1.82) is 0 Å². The van der Waals surface area contributed by atoms with Crippen LogP contribution in [0.5, 0.6) is 0 Å². The molecule has 0 aromatic heterocycles. The number of hydrogen-bond donors (Lipinski definition) is 0. The SMILES string of the molecule is CCCC[C@H](Cl)CP(=O)(N1CCCCCC1)N1CCCCCC1. The second kappa shape index (κ2) is 10.4. The van der Waals surface area contributed by atoms with E-state index >= 15 is 0 Å². The van der Waals surface area contributed by atoms with E-state index in [4.69, 9.17) is 11.6 Å². The minimum Gasteiger partial charge on any atom is -0.289 e. The molecule has 1 atom stereocenters. The quantitative estimate of drug-likeness (QED) is 0.427. The third-order valence-electron chi connectivity index (χ3n) is 5.36. The summed E-state index contributed by atoms with van der Waals surface area (Å²) in [4.78, 5) is 0. The molecule has 0 amide bonds. The Balaban J connectivity index is 2.12. The number of rotatable bonds is 7. The monoisotopic (exact) mass is 362 g/mol. The largest absolute Gasteiger partial charge is 0.289 e. The van der Waals surface area contributed by atoms with Gasteiger partial charge >= 0.3 is 0 Å². The van der Waals surface area contributed by atoms with Gasteiger partial charge in [0, 0.05) is 37.7 Å². The van der Waals surface area contributed by atoms with Crippen molar-refractivity contribution in [2.45, 2.75) is 82.9 Å². The van der Waals surface area contributed by atoms with Crippen LogP contribution in [0.4, 0.5) is 0 Å². The van der Waals surface area contributed by atoms with Crippen molar-refractivity contribution in [2.75, 3.05) is 32.3 Å². The van der Waals surface area contributed by atoms with Gasteiger partial charge in [-0.1, -0.05) is 45.4 Å². The highest BCUT2D eigenvalue weighted by Crippen LogP contribution is 2.56. The van der Waals surface area contributed by atoms with Crippen LogP contribution in [0.2, 0.25) is 0 Å². The predicted octanol–water partition coefficient (Wildman–Crippen LogP) is 5.73. The Morgan fingerprint density at radius 3 is 1.70 bits per heavy atom. The van der Waals surface area contributed by atoms with Gasteiger partial charge in [0.1, 0.15) is 0 Å². The minimum absolute atomic E-state index is 0.0623. The van der Waals surface area contributed by atoms with Crippen LogP contribution in [-0.4, -0.2) is 47.1 Å². The molecule has 0 unspecified atom stereocenters. The molecule has 2 rings (SSSR count). The van der Waals surface area contributed by atoms with Crippen molar-refractivity contribution in [1.82, 2.24) is 9.34 Å². The van der Waals surface area contributed by atoms with Crippen molar-refractivity contribution in [3.8, 4) is 0 Å². The minimum atomic E-state index is -2.49. The fourth-order valence-corrected chi connectivity index (χ4v) is 7.95. The molecule has 2 aliphatic rings. The summed E-state index contributed by atoms with van der Waals surface area (Å²) in [6.45, 7) is 6.22. The van der Waals surface area contributed by atoms with E-state index in [2.05, 4.69) is 16.3 Å². The predicted molar refractivity (Wildman–Crippen MR) is 102 cm³/mol. The third kappa shape index (κ3) is 6.03. The normalized spacial score (nSPS) is 24.1. The Labute approximate surface area is 148 Å². The Hall–Kier alpha value is 0.440. The highest BCUT2D eigenvalue weighted by atomic mass is 35.5. The van der Waals surface area contributed by atoms with Gasteiger partial charge in [-0.3, -0.25) is 4.57 Å². The summed E-state index contributed by atoms with van der Waals surface area (Å²) in [7, 11) is -2.49. The lowest BCUT2D eigenvalue weighted by molar-refractivity contribution is 0.338. The van der Waals surface area contributed by atoms with Crippen molar-refractivity contribution in [3.63, 3.8) is 0 Å². The number of alkyl halides is 1. The highest BCUT2D eigenvalue weighted by Gasteiger charge is 2.38. The molecule has 23 heavy (non-hydrogen) atoms. The Bertz CT molecular complexity index is 340. The molecule has 0 radical (unpaired) electrons. The first kappa shape index (κ1) is 19.8. The van der Waals surface area contributed by atoms with Crippen LogP contribution in [-0.2, 0) is 4.57 Å². The zero-order valence-corrected chi connectivity index (χ0v) is 16.7. The molecule has 5 heteroatoms. The molecule has 0 saturated carbocycles. The van der Waals surface area contributed by atoms with Gasteiger partial charge in [0.2, 0.25) is 7.44 Å². The van der Waals surface area contributed by atoms with E-state index in [0.29, 0.717) is 6.16 Å². The second-order valence-electron chi connectivity index (χ2n) is 7.32. The zero-order chi connectivity index (χ0) is 16.5. The average molecular weight is 363 g/mol. The number of nitrogens with zero attached hydrogens (tertiary/aromatic N) is 2. The molecule has 0 aromatic rings. The van der Waals surface area contributed by atoms with Crippen LogP contribution in [0.25, 0.3) is 0 Å². The first-order valence-corrected chi connectivity index (χ1v) is 12.1. The van der Waals surface area contributed by atoms with Gasteiger partial charge in [-0.05, 0) is 32.1 Å². The van der Waals surface area contributed by atoms with Gasteiger partial charge in [0.05, 0.1) is 0 Å². The van der Waals surface area contributed by atoms with Crippen molar-refractivity contribution in [3.05, 3.63) is 0 Å². The first-order valence-electron chi connectivity index (χ1n) is 9.91. The molecule has 0 bridgehead atoms. The maximum atomic E-state index is 14.2. The Morgan fingerprint density at radius 2 is 1.30 bits per heavy atom. The van der Waals surface area contributed by atoms with E-state index in [1.807, 2.05) is 0 Å². The second-order valence-corrected chi connectivity index (χ2v) is 10.8. The summed E-state index contributed by atoms with van der Waals surface area (Å²) in [6.07, 6.45) is 13.9. The van der Waals surface area contributed by atoms with E-state index in [0.717, 1.165) is 39.0 Å². The van der Waals surface area contributed by atoms with Gasteiger partial charge in [-0.15, -0.1) is 11.6 Å². The number of unbranched alkanes of at least 4 members (excludes halogenated alkanes) is 1. The molecule has 3 nitrogen and oxygen atoms in total. The van der Waals surface area contributed by atoms with Crippen molar-refractivity contribution in [2.24, 2.45) is 0 Å². The van der Waals surface area contributed by atoms with Gasteiger partial charge < -0.3 is 0 Å². The molecule has 2 fully saturated rings. The standard InChI is InChI=1S/C18H36ClN2OP/c1-2-3-12-18(19)17-23(22,20-13-8-4-5-9-14-20)21-15-10-6-7-11-16-21/h18H,2-17H2,1H3/t18-/m0/s1. The summed E-state index contributed by atoms with van der Waals surface area (Å²) < 4.78 is 18.9. The van der Waals surface area contributed by atoms with Gasteiger partial charge in [-0.25, -0.2) is 9.34 Å². The Morgan fingerprint density at radius 1 is 0.870 bits per heavy atom. The fourth-order valence-electron chi connectivity index (χ4n) is 3.92. The molecule has 0 aromatic carbocycles. The van der Waals surface area contributed by atoms with Gasteiger partial charge in [-0.2, -0.15) is 0 Å². The highest BCUT2D eigenvalue weighted by molar-refractivity contribution is 7.59. The lowest BCUT2D eigenvalue weighted by Crippen LogP contribution is -2.36. The average Bonchev–Trinajstić information content (AvgIpc) is 2.98. The van der Waals surface area contributed by atoms with Crippen LogP contribution in [0, 0.1) is 0 Å². The zero-order valence-electron chi connectivity index (χ0n) is 15.0. The lowest BCUT2D eigenvalue weighted by atomic mass is 10.2. The first-order chi connectivity index (χ1) is 11.2. The fraction of sp³-hybridized carbons (Fsp3) is 1.00. The maximum Gasteiger partial charge on any atom is 0.217 e. The van der Waals surface area contributed by atoms with Gasteiger partial charge in [0.15, 0.2) is 0 Å². The molecule has 136 valence electrons. The molecule has 0 aliphatic carbocycles. The lowest BCUT2D eigenvalue weighted by Gasteiger charge is -2.39. The number of halogens is 1. The molecular weight excluding hydrogens is 327 g/mol. The summed E-state index contributed by atoms with van der Waals surface area (Å²) in [5.41, 5.74) is 0. The maximum absolute atomic E-state index is 14.2. The van der Waals surface area contributed by atoms with E-state index < -0.39 is 7.44 Å². The van der Waals surface area contributed by atoms with Crippen LogP contribution in [0.3, 0.4) is 0 Å². The van der Waals surface area contributed by atoms with Crippen molar-refractivity contribution < 1.29 is 4.57 Å². The molecular formula is C18H36ClN2OP. The smallest absolute Gasteiger partial charge is 0.217 e. The number of hydrogen-bond acceptors (Lipinski definition) is 1. The van der Waals surface area contributed by atoms with Crippen LogP contribution in [0.1, 0.15) is 77.6 Å². The molecule has 2 heterocycles. The summed E-state index contributed by atoms with van der Waals surface area (Å²) in [6, 6.07) is 0. The summed E-state index contributed by atoms with van der Waals surface area (Å²) in [5.74, 6) is 0. The Kier molecular flexibility index (Phi) is 8.97. The molecule has 2 aliphatic heterocycles. The van der Waals surface area contributed by atoms with Crippen LogP contribution in [0.15, 0.2) is 0 Å². The van der Waals surface area contributed by atoms with E-state index in [9.17, 15) is 4.57 Å².